The lowest BCUT2D eigenvalue weighted by atomic mass is 9.95. The normalized spacial score (nSPS) is 10.8. The molecule has 0 aliphatic carbocycles. The van der Waals surface area contributed by atoms with Gasteiger partial charge in [0.2, 0.25) is 5.91 Å². The largest absolute Gasteiger partial charge is 0.460 e. The summed E-state index contributed by atoms with van der Waals surface area (Å²) < 4.78 is 4.66. The fraction of sp³-hybridized carbons (Fsp3) is 0.429. The first-order valence-electron chi connectivity index (χ1n) is 6.24. The molecule has 0 saturated heterocycles. The molecule has 0 fully saturated rings. The summed E-state index contributed by atoms with van der Waals surface area (Å²) in [5, 5.41) is 2.62. The maximum Gasteiger partial charge on any atom is 0.379 e. The molecule has 1 N–H and O–H groups in total. The minimum absolute atomic E-state index is 0.0172. The lowest BCUT2D eigenvalue weighted by Crippen LogP contribution is -2.29. The minimum Gasteiger partial charge on any atom is -0.460 e. The van der Waals surface area contributed by atoms with E-state index < -0.39 is 17.2 Å². The maximum absolute atomic E-state index is 11.9. The lowest BCUT2D eigenvalue weighted by molar-refractivity contribution is -0.137. The number of carbonyl (C=O) groups excluding carboxylic acids is 3. The standard InChI is InChI=1S/C14H18N2O4/c1-5-20-12(18)11(17)9-8-15-7-6-10(9)16-13(19)14(2,3)4/h6-8H,5H2,1-4H3,(H,15,16,19). The zero-order valence-corrected chi connectivity index (χ0v) is 12.0. The quantitative estimate of drug-likeness (QED) is 0.516. The summed E-state index contributed by atoms with van der Waals surface area (Å²) in [4.78, 5) is 39.1. The average molecular weight is 278 g/mol. The van der Waals surface area contributed by atoms with E-state index in [2.05, 4.69) is 15.0 Å². The number of ether oxygens (including phenoxy) is 1. The molecule has 0 atom stereocenters. The SMILES string of the molecule is CCOC(=O)C(=O)c1cnccc1NC(=O)C(C)(C)C. The summed E-state index contributed by atoms with van der Waals surface area (Å²) in [5.74, 6) is -2.06. The highest BCUT2D eigenvalue weighted by atomic mass is 16.5. The van der Waals surface area contributed by atoms with Crippen molar-refractivity contribution in [3.63, 3.8) is 0 Å². The molecule has 1 amide bonds. The number of rotatable bonds is 4. The number of esters is 1. The number of pyridine rings is 1. The van der Waals surface area contributed by atoms with Gasteiger partial charge in [-0.3, -0.25) is 14.6 Å². The van der Waals surface area contributed by atoms with Gasteiger partial charge in [-0.25, -0.2) is 4.79 Å². The van der Waals surface area contributed by atoms with Gasteiger partial charge in [0.25, 0.3) is 5.78 Å². The monoisotopic (exact) mass is 278 g/mol. The number of nitrogens with one attached hydrogen (secondary N) is 1. The molecule has 0 radical (unpaired) electrons. The van der Waals surface area contributed by atoms with E-state index in [1.54, 1.807) is 27.7 Å². The lowest BCUT2D eigenvalue weighted by Gasteiger charge is -2.18. The van der Waals surface area contributed by atoms with Gasteiger partial charge in [0.15, 0.2) is 0 Å². The summed E-state index contributed by atoms with van der Waals surface area (Å²) >= 11 is 0. The molecule has 1 rings (SSSR count). The van der Waals surface area contributed by atoms with Gasteiger partial charge in [0.1, 0.15) is 0 Å². The Balaban J connectivity index is 3.03. The fourth-order valence-corrected chi connectivity index (χ4v) is 1.30. The number of aromatic nitrogens is 1. The molecule has 0 bridgehead atoms. The van der Waals surface area contributed by atoms with Gasteiger partial charge < -0.3 is 10.1 Å². The third-order valence-electron chi connectivity index (χ3n) is 2.46. The van der Waals surface area contributed by atoms with Crippen LogP contribution in [0, 0.1) is 5.41 Å². The zero-order chi connectivity index (χ0) is 15.3. The highest BCUT2D eigenvalue weighted by Crippen LogP contribution is 2.20. The van der Waals surface area contributed by atoms with Crippen LogP contribution in [0.2, 0.25) is 0 Å². The molecule has 0 unspecified atom stereocenters. The number of anilines is 1. The predicted molar refractivity (Wildman–Crippen MR) is 73.3 cm³/mol. The van der Waals surface area contributed by atoms with Crippen LogP contribution in [-0.2, 0) is 14.3 Å². The van der Waals surface area contributed by atoms with Crippen molar-refractivity contribution in [2.75, 3.05) is 11.9 Å². The van der Waals surface area contributed by atoms with Crippen molar-refractivity contribution in [1.82, 2.24) is 4.98 Å². The number of carbonyl (C=O) groups is 3. The zero-order valence-electron chi connectivity index (χ0n) is 12.0. The number of Topliss-reactive ketones (excluding diaryl/α,β-unsaturated/α-hetero) is 1. The van der Waals surface area contributed by atoms with Crippen LogP contribution in [0.4, 0.5) is 5.69 Å². The van der Waals surface area contributed by atoms with Crippen LogP contribution < -0.4 is 5.32 Å². The van der Waals surface area contributed by atoms with Crippen LogP contribution in [0.3, 0.4) is 0 Å². The Morgan fingerprint density at radius 1 is 1.30 bits per heavy atom. The molecule has 20 heavy (non-hydrogen) atoms. The predicted octanol–water partition coefficient (Wildman–Crippen LogP) is 1.81. The highest BCUT2D eigenvalue weighted by molar-refractivity contribution is 6.42. The van der Waals surface area contributed by atoms with E-state index in [0.717, 1.165) is 0 Å². The molecule has 0 spiro atoms. The molecule has 6 heteroatoms. The Kier molecular flexibility index (Phi) is 4.96. The smallest absolute Gasteiger partial charge is 0.379 e. The van der Waals surface area contributed by atoms with Crippen molar-refractivity contribution in [3.8, 4) is 0 Å². The van der Waals surface area contributed by atoms with E-state index in [0.29, 0.717) is 0 Å². The summed E-state index contributed by atoms with van der Waals surface area (Å²) in [6.45, 7) is 6.95. The van der Waals surface area contributed by atoms with Crippen molar-refractivity contribution in [2.24, 2.45) is 5.41 Å². The number of hydrogen-bond donors (Lipinski definition) is 1. The topological polar surface area (TPSA) is 85.4 Å². The molecule has 1 aromatic heterocycles. The Morgan fingerprint density at radius 3 is 2.50 bits per heavy atom. The van der Waals surface area contributed by atoms with Gasteiger partial charge >= 0.3 is 5.97 Å². The molecule has 0 saturated carbocycles. The van der Waals surface area contributed by atoms with Gasteiger partial charge in [-0.05, 0) is 13.0 Å². The third-order valence-corrected chi connectivity index (χ3v) is 2.46. The van der Waals surface area contributed by atoms with Gasteiger partial charge in [-0.1, -0.05) is 20.8 Å². The molecular weight excluding hydrogens is 260 g/mol. The minimum atomic E-state index is -0.966. The highest BCUT2D eigenvalue weighted by Gasteiger charge is 2.25. The van der Waals surface area contributed by atoms with Crippen molar-refractivity contribution >= 4 is 23.3 Å². The first-order valence-corrected chi connectivity index (χ1v) is 6.24. The fourth-order valence-electron chi connectivity index (χ4n) is 1.30. The maximum atomic E-state index is 11.9. The molecule has 0 aliphatic rings. The first-order chi connectivity index (χ1) is 9.27. The van der Waals surface area contributed by atoms with E-state index in [1.165, 1.54) is 18.5 Å². The number of hydrogen-bond acceptors (Lipinski definition) is 5. The summed E-state index contributed by atoms with van der Waals surface area (Å²) in [6.07, 6.45) is 2.66. The second kappa shape index (κ2) is 6.27. The van der Waals surface area contributed by atoms with Crippen LogP contribution in [-0.4, -0.2) is 29.3 Å². The van der Waals surface area contributed by atoms with E-state index in [1.807, 2.05) is 0 Å². The van der Waals surface area contributed by atoms with Crippen LogP contribution in [0.25, 0.3) is 0 Å². The van der Waals surface area contributed by atoms with Gasteiger partial charge in [0.05, 0.1) is 17.9 Å². The second-order valence-corrected chi connectivity index (χ2v) is 5.17. The van der Waals surface area contributed by atoms with Gasteiger partial charge in [-0.15, -0.1) is 0 Å². The number of ketones is 1. The van der Waals surface area contributed by atoms with Crippen molar-refractivity contribution in [2.45, 2.75) is 27.7 Å². The van der Waals surface area contributed by atoms with Crippen LogP contribution in [0.1, 0.15) is 38.1 Å². The summed E-state index contributed by atoms with van der Waals surface area (Å²) in [7, 11) is 0. The Bertz CT molecular complexity index is 532. The van der Waals surface area contributed by atoms with E-state index >= 15 is 0 Å². The Morgan fingerprint density at radius 2 is 1.95 bits per heavy atom. The second-order valence-electron chi connectivity index (χ2n) is 5.17. The first kappa shape index (κ1) is 15.8. The van der Waals surface area contributed by atoms with Crippen LogP contribution in [0.15, 0.2) is 18.5 Å². The van der Waals surface area contributed by atoms with Crippen molar-refractivity contribution < 1.29 is 19.1 Å². The Hall–Kier alpha value is -2.24. The van der Waals surface area contributed by atoms with Crippen molar-refractivity contribution in [3.05, 3.63) is 24.0 Å². The Labute approximate surface area is 117 Å². The average Bonchev–Trinajstić information content (AvgIpc) is 2.37. The van der Waals surface area contributed by atoms with Gasteiger partial charge in [0, 0.05) is 17.8 Å². The van der Waals surface area contributed by atoms with Gasteiger partial charge in [-0.2, -0.15) is 0 Å². The third kappa shape index (κ3) is 3.88. The summed E-state index contributed by atoms with van der Waals surface area (Å²) in [5.41, 5.74) is -0.352. The molecule has 1 heterocycles. The van der Waals surface area contributed by atoms with E-state index in [-0.39, 0.29) is 23.8 Å². The molecule has 6 nitrogen and oxygen atoms in total. The van der Waals surface area contributed by atoms with Crippen LogP contribution >= 0.6 is 0 Å². The van der Waals surface area contributed by atoms with E-state index in [4.69, 9.17) is 0 Å². The van der Waals surface area contributed by atoms with Crippen LogP contribution in [0.5, 0.6) is 0 Å². The van der Waals surface area contributed by atoms with E-state index in [9.17, 15) is 14.4 Å². The summed E-state index contributed by atoms with van der Waals surface area (Å²) in [6, 6.07) is 1.47. The molecule has 108 valence electrons. The molecule has 1 aromatic rings. The molecular formula is C14H18N2O4. The molecule has 0 aliphatic heterocycles. The van der Waals surface area contributed by atoms with Crippen molar-refractivity contribution in [1.29, 1.82) is 0 Å². The molecule has 0 aromatic carbocycles. The number of amides is 1. The number of nitrogens with zero attached hydrogens (tertiary/aromatic N) is 1.